The fourth-order valence-corrected chi connectivity index (χ4v) is 10.4. The van der Waals surface area contributed by atoms with Crippen LogP contribution in [-0.2, 0) is 23.3 Å². The van der Waals surface area contributed by atoms with E-state index in [1.807, 2.05) is 52.8 Å². The van der Waals surface area contributed by atoms with Gasteiger partial charge in [0.1, 0.15) is 28.0 Å². The highest BCUT2D eigenvalue weighted by atomic mass is 32.1. The lowest BCUT2D eigenvalue weighted by atomic mass is 9.99. The summed E-state index contributed by atoms with van der Waals surface area (Å²) in [6.45, 7) is 2.73. The molecule has 0 spiro atoms. The Hall–Kier alpha value is -7.10. The summed E-state index contributed by atoms with van der Waals surface area (Å²) in [6.07, 6.45) is 8.92. The molecule has 12 nitrogen and oxygen atoms in total. The van der Waals surface area contributed by atoms with E-state index >= 15 is 0 Å². The van der Waals surface area contributed by atoms with Crippen LogP contribution in [0.5, 0.6) is 0 Å². The summed E-state index contributed by atoms with van der Waals surface area (Å²) in [5.41, 5.74) is 6.71. The Bertz CT molecular complexity index is 3170. The zero-order chi connectivity index (χ0) is 44.0. The van der Waals surface area contributed by atoms with Crippen LogP contribution in [0.3, 0.4) is 0 Å². The average molecular weight is 895 g/mol. The molecular formula is C51H46N10O2S2. The summed E-state index contributed by atoms with van der Waals surface area (Å²) < 4.78 is 15.6. The predicted octanol–water partition coefficient (Wildman–Crippen LogP) is 11.6. The van der Waals surface area contributed by atoms with Gasteiger partial charge in [-0.2, -0.15) is 0 Å². The molecule has 0 unspecified atom stereocenters. The Kier molecular flexibility index (Phi) is 12.5. The summed E-state index contributed by atoms with van der Waals surface area (Å²) in [7, 11) is 3.68. The quantitative estimate of drug-likeness (QED) is 0.0803. The van der Waals surface area contributed by atoms with Crippen molar-refractivity contribution in [1.29, 1.82) is 0 Å². The van der Waals surface area contributed by atoms with Gasteiger partial charge in [-0.3, -0.25) is 0 Å². The van der Waals surface area contributed by atoms with Crippen molar-refractivity contribution < 1.29 is 9.47 Å². The van der Waals surface area contributed by atoms with Gasteiger partial charge in [0, 0.05) is 79.5 Å². The zero-order valence-electron chi connectivity index (χ0n) is 36.0. The highest BCUT2D eigenvalue weighted by molar-refractivity contribution is 7.23. The van der Waals surface area contributed by atoms with Gasteiger partial charge < -0.3 is 29.2 Å². The van der Waals surface area contributed by atoms with E-state index in [1.165, 1.54) is 0 Å². The van der Waals surface area contributed by atoms with Crippen molar-refractivity contribution in [2.45, 2.75) is 19.6 Å². The summed E-state index contributed by atoms with van der Waals surface area (Å²) >= 11 is 3.34. The number of anilines is 2. The van der Waals surface area contributed by atoms with Gasteiger partial charge in [0.15, 0.2) is 23.3 Å². The number of thiophene rings is 2. The first-order chi connectivity index (χ1) is 32.1. The number of rotatable bonds is 18. The summed E-state index contributed by atoms with van der Waals surface area (Å²) in [4.78, 5) is 34.0. The van der Waals surface area contributed by atoms with Gasteiger partial charge in [0.05, 0.1) is 17.4 Å². The summed E-state index contributed by atoms with van der Waals surface area (Å²) in [5.74, 6) is 3.96. The Morgan fingerprint density at radius 3 is 1.49 bits per heavy atom. The lowest BCUT2D eigenvalue weighted by molar-refractivity contribution is 0.0777. The van der Waals surface area contributed by atoms with E-state index in [-0.39, 0.29) is 6.73 Å². The van der Waals surface area contributed by atoms with Crippen molar-refractivity contribution in [2.24, 2.45) is 7.05 Å². The van der Waals surface area contributed by atoms with Crippen molar-refractivity contribution in [3.8, 4) is 66.4 Å². The fourth-order valence-electron chi connectivity index (χ4n) is 7.97. The smallest absolute Gasteiger partial charge is 0.199 e. The lowest BCUT2D eigenvalue weighted by Gasteiger charge is -2.13. The molecule has 0 bridgehead atoms. The molecule has 10 aromatic rings. The van der Waals surface area contributed by atoms with Crippen LogP contribution in [-0.4, -0.2) is 72.5 Å². The first-order valence-electron chi connectivity index (χ1n) is 21.6. The summed E-state index contributed by atoms with van der Waals surface area (Å²) in [5, 5.41) is 9.29. The van der Waals surface area contributed by atoms with Gasteiger partial charge in [-0.15, -0.1) is 22.7 Å². The third-order valence-corrected chi connectivity index (χ3v) is 13.3. The molecule has 0 aliphatic carbocycles. The number of imidazole rings is 2. The second-order valence-corrected chi connectivity index (χ2v) is 17.4. The van der Waals surface area contributed by atoms with Crippen molar-refractivity contribution in [2.75, 3.05) is 44.0 Å². The number of fused-ring (bicyclic) bond motifs is 2. The van der Waals surface area contributed by atoms with Gasteiger partial charge in [0.2, 0.25) is 0 Å². The second kappa shape index (κ2) is 19.3. The molecule has 0 saturated carbocycles. The van der Waals surface area contributed by atoms with Crippen molar-refractivity contribution in [3.05, 3.63) is 146 Å². The lowest BCUT2D eigenvalue weighted by Crippen LogP contribution is -2.11. The third-order valence-electron chi connectivity index (χ3n) is 11.0. The van der Waals surface area contributed by atoms with Crippen molar-refractivity contribution in [3.63, 3.8) is 0 Å². The number of hydrogen-bond acceptors (Lipinski definition) is 12. The molecule has 10 rings (SSSR count). The van der Waals surface area contributed by atoms with E-state index in [0.717, 1.165) is 88.0 Å². The Morgan fingerprint density at radius 1 is 0.538 bits per heavy atom. The number of ether oxygens (including phenoxy) is 2. The number of aryl methyl sites for hydroxylation is 1. The average Bonchev–Trinajstić information content (AvgIpc) is 4.18. The molecule has 0 radical (unpaired) electrons. The molecule has 14 heteroatoms. The van der Waals surface area contributed by atoms with Crippen LogP contribution in [0.4, 0.5) is 11.6 Å². The van der Waals surface area contributed by atoms with Gasteiger partial charge in [-0.1, -0.05) is 121 Å². The monoisotopic (exact) mass is 894 g/mol. The molecule has 0 saturated heterocycles. The minimum absolute atomic E-state index is 0.284. The summed E-state index contributed by atoms with van der Waals surface area (Å²) in [6, 6.07) is 41.9. The number of benzene rings is 4. The van der Waals surface area contributed by atoms with Crippen LogP contribution >= 0.6 is 22.7 Å². The Morgan fingerprint density at radius 2 is 1.00 bits per heavy atom. The molecule has 65 heavy (non-hydrogen) atoms. The van der Waals surface area contributed by atoms with Gasteiger partial charge in [-0.25, -0.2) is 29.9 Å². The van der Waals surface area contributed by atoms with E-state index in [0.29, 0.717) is 49.6 Å². The van der Waals surface area contributed by atoms with Crippen LogP contribution in [0.2, 0.25) is 0 Å². The maximum absolute atomic E-state index is 6.32. The van der Waals surface area contributed by atoms with E-state index in [4.69, 9.17) is 34.4 Å². The van der Waals surface area contributed by atoms with Crippen LogP contribution < -0.4 is 10.6 Å². The molecule has 2 N–H and O–H groups in total. The van der Waals surface area contributed by atoms with E-state index in [2.05, 4.69) is 113 Å². The number of hydrogen-bond donors (Lipinski definition) is 2. The Balaban J connectivity index is 0.910. The van der Waals surface area contributed by atoms with Crippen LogP contribution in [0.15, 0.2) is 146 Å². The largest absolute Gasteiger partial charge is 0.385 e. The fraction of sp³-hybridized carbons (Fsp3) is 0.176. The normalized spacial score (nSPS) is 11.5. The van der Waals surface area contributed by atoms with E-state index in [9.17, 15) is 0 Å². The molecule has 0 aliphatic rings. The number of nitrogens with zero attached hydrogens (tertiary/aromatic N) is 8. The minimum Gasteiger partial charge on any atom is -0.385 e. The second-order valence-electron chi connectivity index (χ2n) is 15.4. The maximum atomic E-state index is 6.32. The molecular weight excluding hydrogens is 849 g/mol. The van der Waals surface area contributed by atoms with Gasteiger partial charge in [-0.05, 0) is 35.1 Å². The van der Waals surface area contributed by atoms with Crippen molar-refractivity contribution in [1.82, 2.24) is 39.0 Å². The Labute approximate surface area is 384 Å². The van der Waals surface area contributed by atoms with Crippen LogP contribution in [0, 0.1) is 0 Å². The predicted molar refractivity (Wildman–Crippen MR) is 264 cm³/mol. The standard InChI is InChI=1S/C51H46N10O2S2/c1-60-29-27-54-48(60)46-56-44(40-38(34-17-7-3-8-18-34)42(64-50(40)58-46)36-21-11-5-12-22-36)53-26-16-32-63-33-61-30-28-55-49(61)47-57-45(52-25-15-31-62-2)41-39(35-19-9-4-10-20-35)43(65-51(41)59-47)37-23-13-6-14-24-37/h3-14,17-24,27-30H,15-16,25-26,31-33H2,1-2H3,(H,52,57,59)(H,53,56,58). The third kappa shape index (κ3) is 8.76. The number of aromatic nitrogens is 8. The SMILES string of the molecule is COCCCNc1nc(-c2nccn2COCCCNc2nc(-c3nccn3C)nc3sc(-c4ccccc4)c(-c4ccccc4)c23)nc2sc(-c3ccccc3)c(-c3ccccc3)c12. The van der Waals surface area contributed by atoms with Crippen LogP contribution in [0.25, 0.3) is 86.9 Å². The minimum atomic E-state index is 0.284. The van der Waals surface area contributed by atoms with Gasteiger partial charge in [0.25, 0.3) is 0 Å². The first kappa shape index (κ1) is 41.9. The molecule has 0 aliphatic heterocycles. The maximum Gasteiger partial charge on any atom is 0.199 e. The number of methoxy groups -OCH3 is 1. The van der Waals surface area contributed by atoms with E-state index < -0.39 is 0 Å². The van der Waals surface area contributed by atoms with Crippen molar-refractivity contribution >= 4 is 54.7 Å². The molecule has 4 aromatic carbocycles. The highest BCUT2D eigenvalue weighted by Gasteiger charge is 2.25. The molecule has 0 fully saturated rings. The molecule has 6 aromatic heterocycles. The topological polar surface area (TPSA) is 130 Å². The zero-order valence-corrected chi connectivity index (χ0v) is 37.6. The molecule has 0 atom stereocenters. The molecule has 324 valence electrons. The van der Waals surface area contributed by atoms with E-state index in [1.54, 1.807) is 42.2 Å². The highest BCUT2D eigenvalue weighted by Crippen LogP contribution is 2.48. The first-order valence-corrected chi connectivity index (χ1v) is 23.2. The molecule has 0 amide bonds. The molecule has 6 heterocycles. The van der Waals surface area contributed by atoms with Crippen LogP contribution in [0.1, 0.15) is 12.8 Å². The van der Waals surface area contributed by atoms with Gasteiger partial charge >= 0.3 is 0 Å². The number of nitrogens with one attached hydrogen (secondary N) is 2.